The number of amides is 1. The molecule has 1 saturated heterocycles. The van der Waals surface area contributed by atoms with Crippen molar-refractivity contribution in [1.82, 2.24) is 19.8 Å². The Morgan fingerprint density at radius 1 is 1.48 bits per heavy atom. The first-order valence-electron chi connectivity index (χ1n) is 8.85. The summed E-state index contributed by atoms with van der Waals surface area (Å²) in [7, 11) is 0. The van der Waals surface area contributed by atoms with Crippen molar-refractivity contribution in [1.29, 1.82) is 0 Å². The number of hydrogen-bond donors (Lipinski definition) is 1. The SMILES string of the molecule is Cc1c(Cl)cnc2c1cc1n2CCN(C(=O)CCOCC2CCN2)C1. The number of nitrogens with zero attached hydrogens (tertiary/aromatic N) is 3. The van der Waals surface area contributed by atoms with Crippen LogP contribution in [0.25, 0.3) is 11.0 Å². The summed E-state index contributed by atoms with van der Waals surface area (Å²) in [4.78, 5) is 18.8. The molecule has 2 aromatic heterocycles. The number of rotatable bonds is 5. The van der Waals surface area contributed by atoms with E-state index in [0.29, 0.717) is 43.8 Å². The molecule has 134 valence electrons. The van der Waals surface area contributed by atoms with Crippen LogP contribution in [0.5, 0.6) is 0 Å². The van der Waals surface area contributed by atoms with E-state index in [1.54, 1.807) is 6.20 Å². The molecular weight excluding hydrogens is 340 g/mol. The number of halogens is 1. The van der Waals surface area contributed by atoms with Gasteiger partial charge in [0.15, 0.2) is 0 Å². The fourth-order valence-corrected chi connectivity index (χ4v) is 3.62. The van der Waals surface area contributed by atoms with Gasteiger partial charge in [0.1, 0.15) is 5.65 Å². The van der Waals surface area contributed by atoms with Crippen molar-refractivity contribution >= 4 is 28.5 Å². The molecule has 0 aromatic carbocycles. The number of carbonyl (C=O) groups is 1. The van der Waals surface area contributed by atoms with Crippen molar-refractivity contribution in [2.45, 2.75) is 38.9 Å². The number of hydrogen-bond acceptors (Lipinski definition) is 4. The van der Waals surface area contributed by atoms with E-state index in [9.17, 15) is 4.79 Å². The Morgan fingerprint density at radius 2 is 2.32 bits per heavy atom. The van der Waals surface area contributed by atoms with Gasteiger partial charge in [-0.15, -0.1) is 0 Å². The molecule has 1 fully saturated rings. The molecule has 0 saturated carbocycles. The summed E-state index contributed by atoms with van der Waals surface area (Å²) in [6.45, 7) is 6.38. The number of aryl methyl sites for hydroxylation is 1. The van der Waals surface area contributed by atoms with Crippen LogP contribution in [0.4, 0.5) is 0 Å². The summed E-state index contributed by atoms with van der Waals surface area (Å²) in [5.74, 6) is 0.154. The highest BCUT2D eigenvalue weighted by atomic mass is 35.5. The van der Waals surface area contributed by atoms with Gasteiger partial charge < -0.3 is 19.5 Å². The van der Waals surface area contributed by atoms with E-state index in [1.165, 1.54) is 6.42 Å². The van der Waals surface area contributed by atoms with Gasteiger partial charge in [-0.3, -0.25) is 4.79 Å². The summed E-state index contributed by atoms with van der Waals surface area (Å²) in [5, 5.41) is 5.05. The van der Waals surface area contributed by atoms with Crippen molar-refractivity contribution in [3.05, 3.63) is 28.5 Å². The van der Waals surface area contributed by atoms with Crippen LogP contribution in [0.1, 0.15) is 24.1 Å². The van der Waals surface area contributed by atoms with Crippen LogP contribution in [-0.2, 0) is 22.6 Å². The van der Waals surface area contributed by atoms with Crippen LogP contribution >= 0.6 is 11.6 Å². The molecule has 7 heteroatoms. The van der Waals surface area contributed by atoms with Gasteiger partial charge >= 0.3 is 0 Å². The molecule has 0 spiro atoms. The Labute approximate surface area is 152 Å². The molecule has 2 aromatic rings. The number of nitrogens with one attached hydrogen (secondary N) is 1. The first-order chi connectivity index (χ1) is 12.1. The molecule has 6 nitrogen and oxygen atoms in total. The maximum Gasteiger partial charge on any atom is 0.225 e. The normalized spacial score (nSPS) is 19.8. The molecule has 1 unspecified atom stereocenters. The average Bonchev–Trinajstić information content (AvgIpc) is 2.94. The topological polar surface area (TPSA) is 59.4 Å². The summed E-state index contributed by atoms with van der Waals surface area (Å²) >= 11 is 6.18. The smallest absolute Gasteiger partial charge is 0.225 e. The molecule has 0 radical (unpaired) electrons. The third-order valence-corrected chi connectivity index (χ3v) is 5.60. The molecule has 0 bridgehead atoms. The van der Waals surface area contributed by atoms with Gasteiger partial charge in [0.25, 0.3) is 0 Å². The molecule has 1 N–H and O–H groups in total. The highest BCUT2D eigenvalue weighted by molar-refractivity contribution is 6.32. The minimum absolute atomic E-state index is 0.154. The largest absolute Gasteiger partial charge is 0.379 e. The van der Waals surface area contributed by atoms with Crippen molar-refractivity contribution in [2.24, 2.45) is 0 Å². The van der Waals surface area contributed by atoms with Gasteiger partial charge in [-0.05, 0) is 31.5 Å². The van der Waals surface area contributed by atoms with Crippen LogP contribution in [0.3, 0.4) is 0 Å². The second kappa shape index (κ2) is 6.94. The summed E-state index contributed by atoms with van der Waals surface area (Å²) < 4.78 is 7.80. The van der Waals surface area contributed by atoms with Crippen LogP contribution in [0, 0.1) is 6.92 Å². The molecular formula is C18H23ClN4O2. The zero-order valence-electron chi connectivity index (χ0n) is 14.4. The highest BCUT2D eigenvalue weighted by Crippen LogP contribution is 2.28. The third kappa shape index (κ3) is 3.26. The summed E-state index contributed by atoms with van der Waals surface area (Å²) in [6, 6.07) is 2.59. The summed E-state index contributed by atoms with van der Waals surface area (Å²) in [5.41, 5.74) is 3.12. The Balaban J connectivity index is 1.38. The molecule has 1 atom stereocenters. The lowest BCUT2D eigenvalue weighted by molar-refractivity contribution is -0.133. The van der Waals surface area contributed by atoms with Crippen molar-refractivity contribution in [3.8, 4) is 0 Å². The van der Waals surface area contributed by atoms with Gasteiger partial charge in [0.05, 0.1) is 31.2 Å². The van der Waals surface area contributed by atoms with E-state index >= 15 is 0 Å². The highest BCUT2D eigenvalue weighted by Gasteiger charge is 2.24. The second-order valence-corrected chi connectivity index (χ2v) is 7.24. The van der Waals surface area contributed by atoms with E-state index in [1.807, 2.05) is 11.8 Å². The van der Waals surface area contributed by atoms with Crippen molar-refractivity contribution < 1.29 is 9.53 Å². The molecule has 25 heavy (non-hydrogen) atoms. The fraction of sp³-hybridized carbons (Fsp3) is 0.556. The van der Waals surface area contributed by atoms with E-state index in [4.69, 9.17) is 16.3 Å². The lowest BCUT2D eigenvalue weighted by atomic mass is 10.1. The van der Waals surface area contributed by atoms with Gasteiger partial charge in [0.2, 0.25) is 5.91 Å². The van der Waals surface area contributed by atoms with E-state index < -0.39 is 0 Å². The fourth-order valence-electron chi connectivity index (χ4n) is 3.47. The zero-order chi connectivity index (χ0) is 17.4. The van der Waals surface area contributed by atoms with Gasteiger partial charge in [-0.1, -0.05) is 11.6 Å². The second-order valence-electron chi connectivity index (χ2n) is 6.84. The van der Waals surface area contributed by atoms with Crippen molar-refractivity contribution in [3.63, 3.8) is 0 Å². The Morgan fingerprint density at radius 3 is 3.08 bits per heavy atom. The molecule has 1 amide bonds. The monoisotopic (exact) mass is 362 g/mol. The Bertz CT molecular complexity index is 800. The predicted molar refractivity (Wildman–Crippen MR) is 96.7 cm³/mol. The Kier molecular flexibility index (Phi) is 4.67. The molecule has 2 aliphatic rings. The van der Waals surface area contributed by atoms with Gasteiger partial charge in [-0.2, -0.15) is 0 Å². The molecule has 4 rings (SSSR count). The quantitative estimate of drug-likeness (QED) is 0.828. The third-order valence-electron chi connectivity index (χ3n) is 5.22. The van der Waals surface area contributed by atoms with Crippen LogP contribution < -0.4 is 5.32 Å². The van der Waals surface area contributed by atoms with E-state index in [0.717, 1.165) is 35.4 Å². The lowest BCUT2D eigenvalue weighted by Crippen LogP contribution is -2.46. The Hall–Kier alpha value is -1.63. The number of carbonyl (C=O) groups excluding carboxylic acids is 1. The summed E-state index contributed by atoms with van der Waals surface area (Å²) in [6.07, 6.45) is 3.32. The predicted octanol–water partition coefficient (Wildman–Crippen LogP) is 2.11. The van der Waals surface area contributed by atoms with Crippen LogP contribution in [0.2, 0.25) is 5.02 Å². The molecule has 2 aliphatic heterocycles. The van der Waals surface area contributed by atoms with Crippen LogP contribution in [-0.4, -0.2) is 52.7 Å². The van der Waals surface area contributed by atoms with Crippen molar-refractivity contribution in [2.75, 3.05) is 26.3 Å². The number of pyridine rings is 1. The first kappa shape index (κ1) is 16.8. The maximum atomic E-state index is 12.5. The minimum atomic E-state index is 0.154. The van der Waals surface area contributed by atoms with E-state index in [-0.39, 0.29) is 5.91 Å². The lowest BCUT2D eigenvalue weighted by Gasteiger charge is -2.29. The van der Waals surface area contributed by atoms with Gasteiger partial charge in [0, 0.05) is 36.4 Å². The minimum Gasteiger partial charge on any atom is -0.379 e. The zero-order valence-corrected chi connectivity index (χ0v) is 15.2. The number of fused-ring (bicyclic) bond motifs is 3. The molecule has 4 heterocycles. The standard InChI is InChI=1S/C18H23ClN4O2/c1-12-15-8-14-10-22(5-6-23(14)18(15)21-9-16(12)19)17(24)3-7-25-11-13-2-4-20-13/h8-9,13,20H,2-7,10-11H2,1H3. The molecule has 0 aliphatic carbocycles. The van der Waals surface area contributed by atoms with Crippen LogP contribution in [0.15, 0.2) is 12.3 Å². The average molecular weight is 363 g/mol. The van der Waals surface area contributed by atoms with Gasteiger partial charge in [-0.25, -0.2) is 4.98 Å². The number of ether oxygens (including phenoxy) is 1. The van der Waals surface area contributed by atoms with E-state index in [2.05, 4.69) is 20.9 Å². The number of aromatic nitrogens is 2. The first-order valence-corrected chi connectivity index (χ1v) is 9.23. The maximum absolute atomic E-state index is 12.5.